The first-order chi connectivity index (χ1) is 4.16. The molecule has 0 rings (SSSR count). The largest absolute Gasteiger partial charge is 0.506 e. The maximum absolute atomic E-state index is 9.83. The Morgan fingerprint density at radius 3 is 2.67 bits per heavy atom. The van der Waals surface area contributed by atoms with Crippen molar-refractivity contribution in [1.82, 2.24) is 0 Å². The zero-order valence-corrected chi connectivity index (χ0v) is 5.50. The van der Waals surface area contributed by atoms with Gasteiger partial charge < -0.3 is 9.84 Å². The summed E-state index contributed by atoms with van der Waals surface area (Å²) in [6.45, 7) is 3.47. The fraction of sp³-hybridized carbons (Fsp3) is 0.500. The maximum Gasteiger partial charge on any atom is 0.506 e. The Morgan fingerprint density at radius 1 is 1.78 bits per heavy atom. The van der Waals surface area contributed by atoms with Gasteiger partial charge in [-0.2, -0.15) is 0 Å². The van der Waals surface area contributed by atoms with E-state index in [1.165, 1.54) is 0 Å². The summed E-state index contributed by atoms with van der Waals surface area (Å²) in [5, 5.41) is 8.05. The molecule has 0 fully saturated rings. The third-order valence-electron chi connectivity index (χ3n) is 0.750. The predicted molar refractivity (Wildman–Crippen MR) is 33.4 cm³/mol. The fourth-order valence-corrected chi connectivity index (χ4v) is 0.469. The Kier molecular flexibility index (Phi) is 3.51. The van der Waals surface area contributed by atoms with Crippen LogP contribution in [0.2, 0.25) is 0 Å². The lowest BCUT2D eigenvalue weighted by molar-refractivity contribution is 0.0752. The van der Waals surface area contributed by atoms with Crippen LogP contribution in [-0.2, 0) is 4.74 Å². The highest BCUT2D eigenvalue weighted by atomic mass is 16.7. The molecule has 0 radical (unpaired) electrons. The summed E-state index contributed by atoms with van der Waals surface area (Å²) in [6, 6.07) is 0. The summed E-state index contributed by atoms with van der Waals surface area (Å²) >= 11 is 0. The molecular weight excluding hydrogens is 120 g/mol. The monoisotopic (exact) mass is 130 g/mol. The molecule has 9 heavy (non-hydrogen) atoms. The third-order valence-corrected chi connectivity index (χ3v) is 0.750. The van der Waals surface area contributed by atoms with Crippen molar-refractivity contribution in [1.29, 1.82) is 0 Å². The number of hydrogen-bond acceptors (Lipinski definition) is 2. The second-order valence-corrected chi connectivity index (χ2v) is 1.61. The van der Waals surface area contributed by atoms with E-state index in [1.807, 2.05) is 6.92 Å². The van der Waals surface area contributed by atoms with Gasteiger partial charge in [-0.05, 0) is 19.9 Å². The molecule has 52 valence electrons. The molecule has 0 spiro atoms. The molecule has 0 aromatic carbocycles. The lowest BCUT2D eigenvalue weighted by Crippen LogP contribution is -2.09. The van der Waals surface area contributed by atoms with Crippen molar-refractivity contribution in [3.8, 4) is 0 Å². The van der Waals surface area contributed by atoms with Gasteiger partial charge in [0.15, 0.2) is 0 Å². The minimum absolute atomic E-state index is 0.340. The van der Waals surface area contributed by atoms with Crippen molar-refractivity contribution >= 4 is 6.16 Å². The minimum atomic E-state index is -1.24. The molecule has 0 saturated carbocycles. The average molecular weight is 130 g/mol. The van der Waals surface area contributed by atoms with E-state index >= 15 is 0 Å². The molecule has 0 aromatic heterocycles. The molecule has 0 saturated heterocycles. The van der Waals surface area contributed by atoms with Crippen LogP contribution in [0.25, 0.3) is 0 Å². The molecule has 0 bridgehead atoms. The summed E-state index contributed by atoms with van der Waals surface area (Å²) in [5.41, 5.74) is 0. The van der Waals surface area contributed by atoms with Crippen LogP contribution in [0.15, 0.2) is 12.2 Å². The maximum atomic E-state index is 9.83. The molecule has 0 heterocycles. The van der Waals surface area contributed by atoms with Crippen LogP contribution in [0.1, 0.15) is 13.8 Å². The molecule has 0 amide bonds. The summed E-state index contributed by atoms with van der Waals surface area (Å²) in [7, 11) is 0. The lowest BCUT2D eigenvalue weighted by atomic mass is 10.4. The average Bonchev–Trinajstić information content (AvgIpc) is 1.63. The van der Waals surface area contributed by atoms with E-state index in [2.05, 4.69) is 4.74 Å². The van der Waals surface area contributed by atoms with E-state index in [0.717, 1.165) is 0 Å². The van der Waals surface area contributed by atoms with E-state index in [9.17, 15) is 4.79 Å². The van der Waals surface area contributed by atoms with Crippen LogP contribution in [0.5, 0.6) is 0 Å². The molecule has 0 aliphatic rings. The smallest absolute Gasteiger partial charge is 0.450 e. The van der Waals surface area contributed by atoms with Crippen LogP contribution >= 0.6 is 0 Å². The molecule has 1 unspecified atom stereocenters. The fourth-order valence-electron chi connectivity index (χ4n) is 0.469. The number of ether oxygens (including phenoxy) is 1. The van der Waals surface area contributed by atoms with E-state index < -0.39 is 6.16 Å². The van der Waals surface area contributed by atoms with Gasteiger partial charge in [0, 0.05) is 0 Å². The zero-order valence-electron chi connectivity index (χ0n) is 5.50. The number of hydrogen-bond donors (Lipinski definition) is 1. The van der Waals surface area contributed by atoms with Gasteiger partial charge in [0.1, 0.15) is 6.10 Å². The first kappa shape index (κ1) is 8.01. The Labute approximate surface area is 53.9 Å². The number of allylic oxidation sites excluding steroid dienone is 1. The quantitative estimate of drug-likeness (QED) is 0.456. The van der Waals surface area contributed by atoms with E-state index in [1.54, 1.807) is 19.1 Å². The highest BCUT2D eigenvalue weighted by Crippen LogP contribution is 1.91. The summed E-state index contributed by atoms with van der Waals surface area (Å²) in [6.07, 6.45) is 1.83. The molecule has 0 aliphatic carbocycles. The Hall–Kier alpha value is -0.990. The van der Waals surface area contributed by atoms with Crippen LogP contribution in [-0.4, -0.2) is 17.4 Å². The second-order valence-electron chi connectivity index (χ2n) is 1.61. The SMILES string of the molecule is CC=CC(C)OC(=O)O. The van der Waals surface area contributed by atoms with Gasteiger partial charge in [0.25, 0.3) is 0 Å². The van der Waals surface area contributed by atoms with Gasteiger partial charge in [0.05, 0.1) is 0 Å². The number of carbonyl (C=O) groups is 1. The van der Waals surface area contributed by atoms with E-state index in [0.29, 0.717) is 0 Å². The van der Waals surface area contributed by atoms with Gasteiger partial charge >= 0.3 is 6.16 Å². The summed E-state index contributed by atoms with van der Waals surface area (Å²) in [5.74, 6) is 0. The molecule has 0 aliphatic heterocycles. The first-order valence-electron chi connectivity index (χ1n) is 2.69. The van der Waals surface area contributed by atoms with Crippen molar-refractivity contribution in [2.75, 3.05) is 0 Å². The van der Waals surface area contributed by atoms with Crippen molar-refractivity contribution in [2.45, 2.75) is 20.0 Å². The van der Waals surface area contributed by atoms with Crippen molar-refractivity contribution in [3.05, 3.63) is 12.2 Å². The van der Waals surface area contributed by atoms with Gasteiger partial charge in [-0.25, -0.2) is 4.79 Å². The molecular formula is C6H10O3. The molecule has 1 atom stereocenters. The summed E-state index contributed by atoms with van der Waals surface area (Å²) < 4.78 is 4.32. The Morgan fingerprint density at radius 2 is 2.33 bits per heavy atom. The van der Waals surface area contributed by atoms with Gasteiger partial charge in [-0.1, -0.05) is 6.08 Å². The van der Waals surface area contributed by atoms with Crippen LogP contribution in [0.3, 0.4) is 0 Å². The summed E-state index contributed by atoms with van der Waals surface area (Å²) in [4.78, 5) is 9.83. The van der Waals surface area contributed by atoms with Crippen LogP contribution < -0.4 is 0 Å². The topological polar surface area (TPSA) is 46.5 Å². The van der Waals surface area contributed by atoms with Crippen LogP contribution in [0.4, 0.5) is 4.79 Å². The lowest BCUT2D eigenvalue weighted by Gasteiger charge is -2.02. The van der Waals surface area contributed by atoms with Crippen molar-refractivity contribution in [2.24, 2.45) is 0 Å². The van der Waals surface area contributed by atoms with E-state index in [-0.39, 0.29) is 6.10 Å². The normalized spacial score (nSPS) is 13.6. The van der Waals surface area contributed by atoms with Crippen molar-refractivity contribution in [3.63, 3.8) is 0 Å². The minimum Gasteiger partial charge on any atom is -0.450 e. The number of carboxylic acid groups (broad SMARTS) is 1. The molecule has 3 heteroatoms. The molecule has 0 aromatic rings. The predicted octanol–water partition coefficient (Wildman–Crippen LogP) is 1.65. The van der Waals surface area contributed by atoms with Gasteiger partial charge in [0.2, 0.25) is 0 Å². The second kappa shape index (κ2) is 3.95. The van der Waals surface area contributed by atoms with E-state index in [4.69, 9.17) is 5.11 Å². The molecule has 1 N–H and O–H groups in total. The standard InChI is InChI=1S/C6H10O3/c1-3-4-5(2)9-6(7)8/h3-5H,1-2H3,(H,7,8). The molecule has 3 nitrogen and oxygen atoms in total. The number of rotatable bonds is 2. The first-order valence-corrected chi connectivity index (χ1v) is 2.69. The third kappa shape index (κ3) is 4.87. The Bertz CT molecular complexity index is 117. The zero-order chi connectivity index (χ0) is 7.28. The Balaban J connectivity index is 3.50. The van der Waals surface area contributed by atoms with Crippen LogP contribution in [0, 0.1) is 0 Å². The highest BCUT2D eigenvalue weighted by molar-refractivity contribution is 5.57. The van der Waals surface area contributed by atoms with Gasteiger partial charge in [-0.15, -0.1) is 0 Å². The highest BCUT2D eigenvalue weighted by Gasteiger charge is 2.00. The van der Waals surface area contributed by atoms with Crippen molar-refractivity contribution < 1.29 is 14.6 Å². The van der Waals surface area contributed by atoms with Gasteiger partial charge in [-0.3, -0.25) is 0 Å².